The molecule has 0 aliphatic heterocycles. The van der Waals surface area contributed by atoms with Gasteiger partial charge in [-0.05, 0) is 79.5 Å². The number of aromatic hydroxyl groups is 1. The molecular formula is C19H26N2O. The second-order valence-corrected chi connectivity index (χ2v) is 7.58. The third-order valence-electron chi connectivity index (χ3n) is 6.70. The van der Waals surface area contributed by atoms with Crippen LogP contribution < -0.4 is 5.43 Å². The van der Waals surface area contributed by atoms with E-state index in [2.05, 4.69) is 23.5 Å². The van der Waals surface area contributed by atoms with Gasteiger partial charge in [-0.3, -0.25) is 0 Å². The lowest BCUT2D eigenvalue weighted by Crippen LogP contribution is -2.42. The number of phenolic OH excluding ortho intramolecular Hbond substituents is 1. The molecule has 3 aliphatic rings. The van der Waals surface area contributed by atoms with Crippen molar-refractivity contribution in [1.82, 2.24) is 5.43 Å². The Morgan fingerprint density at radius 3 is 2.91 bits per heavy atom. The van der Waals surface area contributed by atoms with Crippen molar-refractivity contribution in [2.24, 2.45) is 22.4 Å². The van der Waals surface area contributed by atoms with Crippen molar-refractivity contribution < 1.29 is 5.11 Å². The minimum atomic E-state index is 0.304. The Balaban J connectivity index is 1.69. The van der Waals surface area contributed by atoms with Crippen LogP contribution in [0.1, 0.15) is 56.1 Å². The summed E-state index contributed by atoms with van der Waals surface area (Å²) in [6, 6.07) is 6.04. The van der Waals surface area contributed by atoms with Gasteiger partial charge in [0.15, 0.2) is 0 Å². The first-order chi connectivity index (χ1) is 10.6. The Morgan fingerprint density at radius 2 is 2.09 bits per heavy atom. The molecule has 0 aromatic heterocycles. The standard InChI is InChI=1S/C19H26N2O/c1-19-10-9-15-14-6-4-13(22)11-12(14)3-5-16(15)17(19)7-8-18(19)21-20-2/h4,6,11,15-17,20,22H,3,5,7-10H2,1-2H3/b21-18+/t15?,16?,17?,19-/m0/s1. The molecule has 118 valence electrons. The van der Waals surface area contributed by atoms with Crippen molar-refractivity contribution in [3.05, 3.63) is 29.3 Å². The zero-order valence-corrected chi connectivity index (χ0v) is 13.6. The highest BCUT2D eigenvalue weighted by Gasteiger charge is 2.53. The fourth-order valence-electron chi connectivity index (χ4n) is 5.68. The number of fused-ring (bicyclic) bond motifs is 5. The van der Waals surface area contributed by atoms with Gasteiger partial charge in [-0.15, -0.1) is 0 Å². The van der Waals surface area contributed by atoms with Crippen LogP contribution in [-0.2, 0) is 6.42 Å². The van der Waals surface area contributed by atoms with E-state index in [0.29, 0.717) is 17.1 Å². The number of hydrazone groups is 1. The van der Waals surface area contributed by atoms with Gasteiger partial charge >= 0.3 is 0 Å². The van der Waals surface area contributed by atoms with Crippen LogP contribution in [0.25, 0.3) is 0 Å². The maximum Gasteiger partial charge on any atom is 0.115 e. The van der Waals surface area contributed by atoms with Crippen molar-refractivity contribution in [1.29, 1.82) is 0 Å². The Labute approximate surface area is 132 Å². The smallest absolute Gasteiger partial charge is 0.115 e. The average molecular weight is 298 g/mol. The Kier molecular flexibility index (Phi) is 3.21. The number of nitrogens with zero attached hydrogens (tertiary/aromatic N) is 1. The van der Waals surface area contributed by atoms with Crippen LogP contribution >= 0.6 is 0 Å². The molecule has 3 aliphatic carbocycles. The van der Waals surface area contributed by atoms with Gasteiger partial charge in [-0.2, -0.15) is 5.10 Å². The maximum atomic E-state index is 9.75. The van der Waals surface area contributed by atoms with Crippen LogP contribution in [-0.4, -0.2) is 17.9 Å². The number of aryl methyl sites for hydroxylation is 1. The van der Waals surface area contributed by atoms with E-state index in [-0.39, 0.29) is 0 Å². The van der Waals surface area contributed by atoms with E-state index < -0.39 is 0 Å². The minimum Gasteiger partial charge on any atom is -0.508 e. The van der Waals surface area contributed by atoms with E-state index in [1.165, 1.54) is 42.5 Å². The summed E-state index contributed by atoms with van der Waals surface area (Å²) < 4.78 is 0. The van der Waals surface area contributed by atoms with Crippen molar-refractivity contribution in [2.45, 2.75) is 51.4 Å². The Bertz CT molecular complexity index is 624. The fraction of sp³-hybridized carbons (Fsp3) is 0.632. The molecule has 0 spiro atoms. The van der Waals surface area contributed by atoms with Gasteiger partial charge in [0, 0.05) is 18.2 Å². The predicted octanol–water partition coefficient (Wildman–Crippen LogP) is 3.82. The molecule has 0 radical (unpaired) electrons. The molecule has 0 saturated heterocycles. The number of rotatable bonds is 1. The molecule has 3 unspecified atom stereocenters. The SMILES string of the molecule is CN/N=C1\CCC2C3CCc4cc(O)ccc4C3CC[C@]12C. The van der Waals surface area contributed by atoms with E-state index in [4.69, 9.17) is 0 Å². The van der Waals surface area contributed by atoms with Gasteiger partial charge in [0.1, 0.15) is 5.75 Å². The lowest BCUT2D eigenvalue weighted by atomic mass is 9.55. The van der Waals surface area contributed by atoms with Crippen LogP contribution in [0.15, 0.2) is 23.3 Å². The highest BCUT2D eigenvalue weighted by molar-refractivity contribution is 5.92. The average Bonchev–Trinajstić information content (AvgIpc) is 2.84. The molecular weight excluding hydrogens is 272 g/mol. The number of benzene rings is 1. The number of hydrogen-bond acceptors (Lipinski definition) is 3. The van der Waals surface area contributed by atoms with Gasteiger partial charge in [-0.25, -0.2) is 0 Å². The van der Waals surface area contributed by atoms with E-state index in [1.54, 1.807) is 0 Å². The third-order valence-corrected chi connectivity index (χ3v) is 6.70. The van der Waals surface area contributed by atoms with Crippen LogP contribution in [0.2, 0.25) is 0 Å². The molecule has 4 rings (SSSR count). The molecule has 3 nitrogen and oxygen atoms in total. The number of nitrogens with one attached hydrogen (secondary N) is 1. The van der Waals surface area contributed by atoms with Crippen molar-refractivity contribution in [3.8, 4) is 5.75 Å². The van der Waals surface area contributed by atoms with Gasteiger partial charge in [0.2, 0.25) is 0 Å². The van der Waals surface area contributed by atoms with Crippen LogP contribution in [0, 0.1) is 17.3 Å². The topological polar surface area (TPSA) is 44.6 Å². The maximum absolute atomic E-state index is 9.75. The molecule has 0 amide bonds. The molecule has 2 fully saturated rings. The lowest BCUT2D eigenvalue weighted by Gasteiger charge is -2.49. The van der Waals surface area contributed by atoms with E-state index >= 15 is 0 Å². The first-order valence-corrected chi connectivity index (χ1v) is 8.69. The van der Waals surface area contributed by atoms with Crippen LogP contribution in [0.3, 0.4) is 0 Å². The van der Waals surface area contributed by atoms with Crippen LogP contribution in [0.5, 0.6) is 5.75 Å². The summed E-state index contributed by atoms with van der Waals surface area (Å²) in [6.45, 7) is 2.45. The van der Waals surface area contributed by atoms with Crippen molar-refractivity contribution in [3.63, 3.8) is 0 Å². The van der Waals surface area contributed by atoms with Gasteiger partial charge in [-0.1, -0.05) is 13.0 Å². The molecule has 22 heavy (non-hydrogen) atoms. The van der Waals surface area contributed by atoms with Gasteiger partial charge in [0.25, 0.3) is 0 Å². The molecule has 2 saturated carbocycles. The molecule has 0 heterocycles. The van der Waals surface area contributed by atoms with Gasteiger partial charge in [0.05, 0.1) is 0 Å². The lowest BCUT2D eigenvalue weighted by molar-refractivity contribution is 0.0954. The summed E-state index contributed by atoms with van der Waals surface area (Å²) in [4.78, 5) is 0. The molecule has 2 N–H and O–H groups in total. The van der Waals surface area contributed by atoms with Crippen molar-refractivity contribution >= 4 is 5.71 Å². The number of phenols is 1. The van der Waals surface area contributed by atoms with Crippen molar-refractivity contribution in [2.75, 3.05) is 7.05 Å². The molecule has 1 aromatic carbocycles. The largest absolute Gasteiger partial charge is 0.508 e. The highest BCUT2D eigenvalue weighted by Crippen LogP contribution is 2.59. The summed E-state index contributed by atoms with van der Waals surface area (Å²) in [7, 11) is 1.92. The third kappa shape index (κ3) is 1.90. The Hall–Kier alpha value is -1.51. The first kappa shape index (κ1) is 14.1. The van der Waals surface area contributed by atoms with Crippen LogP contribution in [0.4, 0.5) is 0 Å². The fourth-order valence-corrected chi connectivity index (χ4v) is 5.68. The summed E-state index contributed by atoms with van der Waals surface area (Å²) in [6.07, 6.45) is 7.36. The minimum absolute atomic E-state index is 0.304. The van der Waals surface area contributed by atoms with Gasteiger partial charge < -0.3 is 10.5 Å². The summed E-state index contributed by atoms with van der Waals surface area (Å²) in [5.74, 6) is 2.68. The summed E-state index contributed by atoms with van der Waals surface area (Å²) in [5.41, 5.74) is 7.62. The van der Waals surface area contributed by atoms with E-state index in [9.17, 15) is 5.11 Å². The first-order valence-electron chi connectivity index (χ1n) is 8.69. The molecule has 0 bridgehead atoms. The van der Waals surface area contributed by atoms with E-state index in [0.717, 1.165) is 24.7 Å². The number of hydrogen-bond donors (Lipinski definition) is 2. The quantitative estimate of drug-likeness (QED) is 0.774. The molecule has 3 heteroatoms. The second-order valence-electron chi connectivity index (χ2n) is 7.58. The highest BCUT2D eigenvalue weighted by atomic mass is 16.3. The predicted molar refractivity (Wildman–Crippen MR) is 89.2 cm³/mol. The monoisotopic (exact) mass is 298 g/mol. The van der Waals surface area contributed by atoms with E-state index in [1.807, 2.05) is 19.2 Å². The zero-order valence-electron chi connectivity index (χ0n) is 13.6. The zero-order chi connectivity index (χ0) is 15.3. The molecule has 4 atom stereocenters. The summed E-state index contributed by atoms with van der Waals surface area (Å²) in [5, 5.41) is 14.4. The Morgan fingerprint density at radius 1 is 1.23 bits per heavy atom. The normalized spacial score (nSPS) is 38.3. The second kappa shape index (κ2) is 5.00. The summed E-state index contributed by atoms with van der Waals surface area (Å²) >= 11 is 0. The molecule has 1 aromatic rings.